The molecule has 1 aromatic rings. The van der Waals surface area contributed by atoms with Crippen molar-refractivity contribution in [1.82, 2.24) is 4.90 Å². The molecule has 1 saturated heterocycles. The topological polar surface area (TPSA) is 38.8 Å². The molecule has 1 fully saturated rings. The van der Waals surface area contributed by atoms with Crippen LogP contribution < -0.4 is 0 Å². The van der Waals surface area contributed by atoms with Crippen LogP contribution in [0.3, 0.4) is 0 Å². The van der Waals surface area contributed by atoms with Crippen LogP contribution in [0.4, 0.5) is 4.79 Å². The molecule has 20 heavy (non-hydrogen) atoms. The van der Waals surface area contributed by atoms with Gasteiger partial charge in [0.2, 0.25) is 0 Å². The fourth-order valence-electron chi connectivity index (χ4n) is 2.60. The lowest BCUT2D eigenvalue weighted by molar-refractivity contribution is 0.0442. The maximum atomic E-state index is 11.9. The van der Waals surface area contributed by atoms with Gasteiger partial charge in [0.25, 0.3) is 0 Å². The molecule has 4 nitrogen and oxygen atoms in total. The zero-order chi connectivity index (χ0) is 14.4. The summed E-state index contributed by atoms with van der Waals surface area (Å²) in [7, 11) is 0. The molecule has 0 aromatic heterocycles. The molecule has 1 amide bonds. The normalized spacial score (nSPS) is 22.0. The minimum atomic E-state index is -0.217. The quantitative estimate of drug-likeness (QED) is 0.829. The van der Waals surface area contributed by atoms with Gasteiger partial charge in [-0.05, 0) is 25.3 Å². The van der Waals surface area contributed by atoms with Crippen LogP contribution in [0.25, 0.3) is 0 Å². The van der Waals surface area contributed by atoms with Crippen molar-refractivity contribution in [2.75, 3.05) is 13.2 Å². The third-order valence-electron chi connectivity index (χ3n) is 3.68. The number of carbonyl (C=O) groups is 1. The fourth-order valence-corrected chi connectivity index (χ4v) is 2.60. The van der Waals surface area contributed by atoms with E-state index in [2.05, 4.69) is 19.1 Å². The Morgan fingerprint density at radius 2 is 2.05 bits per heavy atom. The fraction of sp³-hybridized carbons (Fsp3) is 0.562. The summed E-state index contributed by atoms with van der Waals surface area (Å²) in [6, 6.07) is 10.3. The Kier molecular flexibility index (Phi) is 5.41. The van der Waals surface area contributed by atoms with E-state index in [-0.39, 0.29) is 18.2 Å². The van der Waals surface area contributed by atoms with Crippen molar-refractivity contribution in [3.8, 4) is 0 Å². The number of rotatable bonds is 5. The molecular formula is C16H23NO3. The molecule has 4 heteroatoms. The average Bonchev–Trinajstić information content (AvgIpc) is 2.90. The van der Waals surface area contributed by atoms with Crippen LogP contribution >= 0.6 is 0 Å². The Morgan fingerprint density at radius 1 is 1.30 bits per heavy atom. The standard InChI is InChI=1S/C16H23NO3/c1-3-14-10-15(11-17(14)16(18)19-4-2)20-12-13-8-6-5-7-9-13/h5-9,14-15H,3-4,10-12H2,1-2H3. The first-order valence-electron chi connectivity index (χ1n) is 7.33. The van der Waals surface area contributed by atoms with Gasteiger partial charge in [0.15, 0.2) is 0 Å². The highest BCUT2D eigenvalue weighted by Crippen LogP contribution is 2.24. The van der Waals surface area contributed by atoms with E-state index in [1.807, 2.05) is 25.1 Å². The molecule has 2 unspecified atom stereocenters. The van der Waals surface area contributed by atoms with Crippen LogP contribution in [-0.4, -0.2) is 36.3 Å². The third kappa shape index (κ3) is 3.73. The maximum absolute atomic E-state index is 11.9. The number of benzene rings is 1. The lowest BCUT2D eigenvalue weighted by Crippen LogP contribution is -2.36. The third-order valence-corrected chi connectivity index (χ3v) is 3.68. The Bertz CT molecular complexity index is 421. The number of amides is 1. The van der Waals surface area contributed by atoms with Crippen molar-refractivity contribution >= 4 is 6.09 Å². The van der Waals surface area contributed by atoms with Crippen molar-refractivity contribution in [3.05, 3.63) is 35.9 Å². The van der Waals surface area contributed by atoms with Gasteiger partial charge in [0.05, 0.1) is 25.9 Å². The summed E-state index contributed by atoms with van der Waals surface area (Å²) in [5.41, 5.74) is 1.16. The Hall–Kier alpha value is -1.55. The first-order chi connectivity index (χ1) is 9.74. The van der Waals surface area contributed by atoms with Crippen LogP contribution in [0.5, 0.6) is 0 Å². The summed E-state index contributed by atoms with van der Waals surface area (Å²) >= 11 is 0. The minimum absolute atomic E-state index is 0.101. The smallest absolute Gasteiger partial charge is 0.410 e. The maximum Gasteiger partial charge on any atom is 0.410 e. The van der Waals surface area contributed by atoms with Gasteiger partial charge in [-0.25, -0.2) is 4.79 Å². The zero-order valence-corrected chi connectivity index (χ0v) is 12.2. The highest BCUT2D eigenvalue weighted by Gasteiger charge is 2.35. The number of likely N-dealkylation sites (tertiary alicyclic amines) is 1. The van der Waals surface area contributed by atoms with E-state index in [1.165, 1.54) is 0 Å². The monoisotopic (exact) mass is 277 g/mol. The highest BCUT2D eigenvalue weighted by molar-refractivity contribution is 5.68. The number of hydrogen-bond donors (Lipinski definition) is 0. The lowest BCUT2D eigenvalue weighted by atomic mass is 10.1. The predicted octanol–water partition coefficient (Wildman–Crippen LogP) is 3.21. The Labute approximate surface area is 120 Å². The van der Waals surface area contributed by atoms with Crippen LogP contribution in [0, 0.1) is 0 Å². The van der Waals surface area contributed by atoms with Crippen molar-refractivity contribution in [1.29, 1.82) is 0 Å². The number of ether oxygens (including phenoxy) is 2. The molecule has 2 rings (SSSR count). The number of nitrogens with zero attached hydrogens (tertiary/aromatic N) is 1. The van der Waals surface area contributed by atoms with E-state index in [0.717, 1.165) is 18.4 Å². The molecule has 0 radical (unpaired) electrons. The minimum Gasteiger partial charge on any atom is -0.450 e. The Balaban J connectivity index is 1.87. The van der Waals surface area contributed by atoms with E-state index in [1.54, 1.807) is 4.90 Å². The van der Waals surface area contributed by atoms with E-state index < -0.39 is 0 Å². The molecule has 110 valence electrons. The average molecular weight is 277 g/mol. The van der Waals surface area contributed by atoms with E-state index >= 15 is 0 Å². The van der Waals surface area contributed by atoms with Crippen molar-refractivity contribution in [2.24, 2.45) is 0 Å². The van der Waals surface area contributed by atoms with Gasteiger partial charge in [-0.15, -0.1) is 0 Å². The van der Waals surface area contributed by atoms with Gasteiger partial charge in [-0.3, -0.25) is 0 Å². The van der Waals surface area contributed by atoms with Crippen LogP contribution in [-0.2, 0) is 16.1 Å². The van der Waals surface area contributed by atoms with E-state index in [9.17, 15) is 4.79 Å². The van der Waals surface area contributed by atoms with Gasteiger partial charge >= 0.3 is 6.09 Å². The van der Waals surface area contributed by atoms with Crippen molar-refractivity contribution in [2.45, 2.75) is 45.4 Å². The second-order valence-corrected chi connectivity index (χ2v) is 5.07. The van der Waals surface area contributed by atoms with Crippen LogP contribution in [0.1, 0.15) is 32.3 Å². The molecule has 1 heterocycles. The summed E-state index contributed by atoms with van der Waals surface area (Å²) in [6.07, 6.45) is 1.71. The zero-order valence-electron chi connectivity index (χ0n) is 12.2. The number of hydrogen-bond acceptors (Lipinski definition) is 3. The molecule has 0 saturated carbocycles. The molecule has 2 atom stereocenters. The summed E-state index contributed by atoms with van der Waals surface area (Å²) in [4.78, 5) is 13.7. The van der Waals surface area contributed by atoms with E-state index in [4.69, 9.17) is 9.47 Å². The van der Waals surface area contributed by atoms with Crippen molar-refractivity contribution in [3.63, 3.8) is 0 Å². The van der Waals surface area contributed by atoms with Gasteiger partial charge in [0, 0.05) is 6.04 Å². The van der Waals surface area contributed by atoms with E-state index in [0.29, 0.717) is 19.8 Å². The molecule has 0 spiro atoms. The summed E-state index contributed by atoms with van der Waals surface area (Å²) in [6.45, 7) is 5.57. The molecule has 1 aliphatic rings. The van der Waals surface area contributed by atoms with Gasteiger partial charge < -0.3 is 14.4 Å². The molecule has 0 N–H and O–H groups in total. The molecule has 1 aliphatic heterocycles. The first-order valence-corrected chi connectivity index (χ1v) is 7.33. The lowest BCUT2D eigenvalue weighted by Gasteiger charge is -2.22. The highest BCUT2D eigenvalue weighted by atomic mass is 16.6. The van der Waals surface area contributed by atoms with Gasteiger partial charge in [0.1, 0.15) is 0 Å². The summed E-state index contributed by atoms with van der Waals surface area (Å²) in [5.74, 6) is 0. The predicted molar refractivity (Wildman–Crippen MR) is 77.4 cm³/mol. The summed E-state index contributed by atoms with van der Waals surface area (Å²) < 4.78 is 11.0. The molecule has 0 bridgehead atoms. The SMILES string of the molecule is CCOC(=O)N1CC(OCc2ccccc2)CC1CC. The molecular weight excluding hydrogens is 254 g/mol. The first kappa shape index (κ1) is 14.9. The van der Waals surface area contributed by atoms with Crippen molar-refractivity contribution < 1.29 is 14.3 Å². The van der Waals surface area contributed by atoms with Crippen LogP contribution in [0.2, 0.25) is 0 Å². The summed E-state index contributed by atoms with van der Waals surface area (Å²) in [5, 5.41) is 0. The van der Waals surface area contributed by atoms with Gasteiger partial charge in [-0.2, -0.15) is 0 Å². The van der Waals surface area contributed by atoms with Crippen LogP contribution in [0.15, 0.2) is 30.3 Å². The largest absolute Gasteiger partial charge is 0.450 e. The molecule has 1 aromatic carbocycles. The second kappa shape index (κ2) is 7.29. The Morgan fingerprint density at radius 3 is 2.70 bits per heavy atom. The molecule has 0 aliphatic carbocycles. The van der Waals surface area contributed by atoms with Gasteiger partial charge in [-0.1, -0.05) is 37.3 Å². The second-order valence-electron chi connectivity index (χ2n) is 5.07. The number of carbonyl (C=O) groups excluding carboxylic acids is 1.